The van der Waals surface area contributed by atoms with Crippen molar-refractivity contribution in [2.24, 2.45) is 0 Å². The molecule has 2 heterocycles. The topological polar surface area (TPSA) is 157 Å². The van der Waals surface area contributed by atoms with E-state index in [0.29, 0.717) is 0 Å². The number of hydrogen-bond acceptors (Lipinski definition) is 9. The van der Waals surface area contributed by atoms with Crippen LogP contribution in [0.15, 0.2) is 10.9 Å². The van der Waals surface area contributed by atoms with Crippen LogP contribution >= 0.6 is 0 Å². The van der Waals surface area contributed by atoms with E-state index < -0.39 is 42.8 Å². The lowest BCUT2D eigenvalue weighted by atomic mass is 9.98. The molecule has 0 bridgehead atoms. The third kappa shape index (κ3) is 3.31. The van der Waals surface area contributed by atoms with Gasteiger partial charge in [0.25, 0.3) is 11.6 Å². The van der Waals surface area contributed by atoms with Crippen LogP contribution in [0, 0.1) is 0 Å². The fourth-order valence-corrected chi connectivity index (χ4v) is 1.97. The first-order valence-corrected chi connectivity index (χ1v) is 6.18. The smallest absolute Gasteiger partial charge is 0.298 e. The lowest BCUT2D eigenvalue weighted by Gasteiger charge is -2.40. The summed E-state index contributed by atoms with van der Waals surface area (Å²) in [6.07, 6.45) is -6.67. The second-order valence-corrected chi connectivity index (χ2v) is 4.53. The van der Waals surface area contributed by atoms with Gasteiger partial charge in [-0.15, -0.1) is 0 Å². The number of rotatable bonds is 4. The Balaban J connectivity index is 2.18. The zero-order valence-electron chi connectivity index (χ0n) is 11.1. The highest BCUT2D eigenvalue weighted by molar-refractivity contribution is 5.35. The first-order valence-electron chi connectivity index (χ1n) is 6.18. The van der Waals surface area contributed by atoms with Crippen LogP contribution in [0.1, 0.15) is 0 Å². The number of anilines is 1. The number of aromatic amines is 1. The summed E-state index contributed by atoms with van der Waals surface area (Å²) in [7, 11) is 1.32. The zero-order chi connectivity index (χ0) is 15.6. The molecule has 118 valence electrons. The first kappa shape index (κ1) is 15.7. The molecule has 10 heteroatoms. The van der Waals surface area contributed by atoms with Crippen LogP contribution in [0.3, 0.4) is 0 Å². The highest BCUT2D eigenvalue weighted by Gasteiger charge is 2.43. The largest absolute Gasteiger partial charge is 0.468 e. The van der Waals surface area contributed by atoms with Crippen molar-refractivity contribution in [3.63, 3.8) is 0 Å². The number of nitrogens with zero attached hydrogens (tertiary/aromatic N) is 1. The van der Waals surface area contributed by atoms with E-state index in [1.54, 1.807) is 0 Å². The minimum atomic E-state index is -1.52. The predicted molar refractivity (Wildman–Crippen MR) is 68.8 cm³/mol. The van der Waals surface area contributed by atoms with Gasteiger partial charge in [-0.1, -0.05) is 0 Å². The van der Waals surface area contributed by atoms with Gasteiger partial charge in [0.15, 0.2) is 6.23 Å². The maximum Gasteiger partial charge on any atom is 0.298 e. The van der Waals surface area contributed by atoms with Gasteiger partial charge >= 0.3 is 0 Å². The third-order valence-corrected chi connectivity index (χ3v) is 3.10. The number of aliphatic hydroxyl groups is 4. The Hall–Kier alpha value is -1.72. The van der Waals surface area contributed by atoms with Gasteiger partial charge in [0, 0.05) is 6.07 Å². The van der Waals surface area contributed by atoms with Gasteiger partial charge in [-0.2, -0.15) is 4.98 Å². The van der Waals surface area contributed by atoms with E-state index in [2.05, 4.69) is 15.3 Å². The number of H-pyrrole nitrogens is 1. The lowest BCUT2D eigenvalue weighted by Crippen LogP contribution is -2.60. The third-order valence-electron chi connectivity index (χ3n) is 3.10. The summed E-state index contributed by atoms with van der Waals surface area (Å²) in [6.45, 7) is -0.546. The maximum absolute atomic E-state index is 11.4. The second kappa shape index (κ2) is 6.37. The van der Waals surface area contributed by atoms with Crippen molar-refractivity contribution in [3.05, 3.63) is 16.4 Å². The fourth-order valence-electron chi connectivity index (χ4n) is 1.97. The van der Waals surface area contributed by atoms with Crippen molar-refractivity contribution in [3.8, 4) is 6.01 Å². The maximum atomic E-state index is 11.4. The van der Waals surface area contributed by atoms with Gasteiger partial charge in [-0.05, 0) is 0 Å². The molecular weight excluding hydrogens is 286 g/mol. The lowest BCUT2D eigenvalue weighted by molar-refractivity contribution is -0.221. The molecule has 1 aromatic heterocycles. The van der Waals surface area contributed by atoms with Crippen LogP contribution in [-0.4, -0.2) is 74.8 Å². The number of aliphatic hydroxyl groups excluding tert-OH is 4. The number of nitrogens with one attached hydrogen (secondary N) is 2. The van der Waals surface area contributed by atoms with Crippen LogP contribution in [0.4, 0.5) is 5.82 Å². The molecule has 1 saturated heterocycles. The molecule has 1 aromatic rings. The molecule has 0 aliphatic carbocycles. The standard InChI is InChI=1S/C11H17N3O7/c1-20-11-13-5(2-6(16)14-11)12-10-9(19)8(18)7(17)4(3-15)21-10/h2,4,7-10,15,17-19H,3H2,1H3,(H2,12,13,14,16). The van der Waals surface area contributed by atoms with Gasteiger partial charge in [-0.25, -0.2) is 0 Å². The SMILES string of the molecule is COc1nc(NC2OC(CO)C(O)C(O)C2O)cc(=O)[nH]1. The van der Waals surface area contributed by atoms with Crippen LogP contribution in [0.25, 0.3) is 0 Å². The Morgan fingerprint density at radius 3 is 2.71 bits per heavy atom. The molecule has 1 aliphatic heterocycles. The van der Waals surface area contributed by atoms with Crippen molar-refractivity contribution >= 4 is 5.82 Å². The molecule has 0 aromatic carbocycles. The van der Waals surface area contributed by atoms with Crippen molar-refractivity contribution in [2.45, 2.75) is 30.6 Å². The Kier molecular flexibility index (Phi) is 4.75. The Morgan fingerprint density at radius 2 is 2.10 bits per heavy atom. The summed E-state index contributed by atoms with van der Waals surface area (Å²) < 4.78 is 10.0. The summed E-state index contributed by atoms with van der Waals surface area (Å²) in [4.78, 5) is 17.6. The molecule has 5 unspecified atom stereocenters. The average molecular weight is 303 g/mol. The summed E-state index contributed by atoms with van der Waals surface area (Å²) >= 11 is 0. The highest BCUT2D eigenvalue weighted by atomic mass is 16.6. The molecule has 21 heavy (non-hydrogen) atoms. The molecule has 1 fully saturated rings. The molecule has 6 N–H and O–H groups in total. The van der Waals surface area contributed by atoms with Crippen LogP contribution in [0.5, 0.6) is 6.01 Å². The fraction of sp³-hybridized carbons (Fsp3) is 0.636. The molecule has 2 rings (SSSR count). The molecule has 10 nitrogen and oxygen atoms in total. The van der Waals surface area contributed by atoms with E-state index in [9.17, 15) is 20.1 Å². The second-order valence-electron chi connectivity index (χ2n) is 4.53. The number of ether oxygens (including phenoxy) is 2. The Labute approximate surface area is 119 Å². The van der Waals surface area contributed by atoms with Crippen LogP contribution in [0.2, 0.25) is 0 Å². The van der Waals surface area contributed by atoms with Gasteiger partial charge in [0.05, 0.1) is 13.7 Å². The molecule has 1 aliphatic rings. The summed E-state index contributed by atoms with van der Waals surface area (Å²) in [6, 6.07) is 1.05. The Bertz CT molecular complexity index is 535. The van der Waals surface area contributed by atoms with E-state index in [0.717, 1.165) is 6.07 Å². The normalized spacial score (nSPS) is 32.7. The summed E-state index contributed by atoms with van der Waals surface area (Å²) in [5.41, 5.74) is -0.492. The molecule has 0 spiro atoms. The van der Waals surface area contributed by atoms with Crippen molar-refractivity contribution in [2.75, 3.05) is 19.0 Å². The van der Waals surface area contributed by atoms with E-state index >= 15 is 0 Å². The number of aromatic nitrogens is 2. The van der Waals surface area contributed by atoms with Gasteiger partial charge in [-0.3, -0.25) is 9.78 Å². The van der Waals surface area contributed by atoms with Crippen LogP contribution < -0.4 is 15.6 Å². The molecule has 0 amide bonds. The zero-order valence-corrected chi connectivity index (χ0v) is 11.1. The number of methoxy groups -OCH3 is 1. The Morgan fingerprint density at radius 1 is 1.38 bits per heavy atom. The van der Waals surface area contributed by atoms with Gasteiger partial charge in [0.2, 0.25) is 0 Å². The van der Waals surface area contributed by atoms with E-state index in [4.69, 9.17) is 14.6 Å². The molecule has 0 saturated carbocycles. The van der Waals surface area contributed by atoms with Crippen LogP contribution in [-0.2, 0) is 4.74 Å². The van der Waals surface area contributed by atoms with Crippen molar-refractivity contribution < 1.29 is 29.9 Å². The first-order chi connectivity index (χ1) is 9.96. The van der Waals surface area contributed by atoms with Gasteiger partial charge < -0.3 is 35.2 Å². The van der Waals surface area contributed by atoms with Gasteiger partial charge in [0.1, 0.15) is 30.2 Å². The number of hydrogen-bond donors (Lipinski definition) is 6. The van der Waals surface area contributed by atoms with E-state index in [1.165, 1.54) is 7.11 Å². The predicted octanol–water partition coefficient (Wildman–Crippen LogP) is -3.01. The van der Waals surface area contributed by atoms with Crippen molar-refractivity contribution in [1.29, 1.82) is 0 Å². The molecule has 5 atom stereocenters. The quantitative estimate of drug-likeness (QED) is 0.341. The van der Waals surface area contributed by atoms with E-state index in [-0.39, 0.29) is 11.8 Å². The van der Waals surface area contributed by atoms with Crippen molar-refractivity contribution in [1.82, 2.24) is 9.97 Å². The monoisotopic (exact) mass is 303 g/mol. The summed E-state index contributed by atoms with van der Waals surface area (Å²) in [5, 5.41) is 40.8. The minimum absolute atomic E-state index is 0.0416. The average Bonchev–Trinajstić information content (AvgIpc) is 2.47. The van der Waals surface area contributed by atoms with E-state index in [1.807, 2.05) is 0 Å². The molecular formula is C11H17N3O7. The highest BCUT2D eigenvalue weighted by Crippen LogP contribution is 2.22. The molecule has 0 radical (unpaired) electrons. The summed E-state index contributed by atoms with van der Waals surface area (Å²) in [5.74, 6) is 0.0416. The minimum Gasteiger partial charge on any atom is -0.468 e.